The van der Waals surface area contributed by atoms with Gasteiger partial charge in [0.15, 0.2) is 0 Å². The van der Waals surface area contributed by atoms with E-state index in [9.17, 15) is 4.79 Å². The smallest absolute Gasteiger partial charge is 0.220 e. The Kier molecular flexibility index (Phi) is 4.26. The summed E-state index contributed by atoms with van der Waals surface area (Å²) in [6.45, 7) is 0.596. The van der Waals surface area contributed by atoms with Gasteiger partial charge in [-0.3, -0.25) is 9.89 Å². The topological polar surface area (TPSA) is 70.7 Å². The highest BCUT2D eigenvalue weighted by Crippen LogP contribution is 2.10. The maximum Gasteiger partial charge on any atom is 0.220 e. The quantitative estimate of drug-likeness (QED) is 0.808. The molecule has 2 rings (SSSR count). The summed E-state index contributed by atoms with van der Waals surface area (Å²) >= 11 is 1.68. The highest BCUT2D eigenvalue weighted by atomic mass is 32.1. The summed E-state index contributed by atoms with van der Waals surface area (Å²) in [5.74, 6) is 0.876. The van der Waals surface area contributed by atoms with Crippen LogP contribution in [0.4, 0.5) is 0 Å². The summed E-state index contributed by atoms with van der Waals surface area (Å²) in [5.41, 5.74) is 0. The lowest BCUT2D eigenvalue weighted by molar-refractivity contribution is -0.121. The Morgan fingerprint density at radius 2 is 2.41 bits per heavy atom. The van der Waals surface area contributed by atoms with Gasteiger partial charge < -0.3 is 5.32 Å². The lowest BCUT2D eigenvalue weighted by Crippen LogP contribution is -2.26. The predicted octanol–water partition coefficient (Wildman–Crippen LogP) is 1.16. The predicted molar refractivity (Wildman–Crippen MR) is 65.7 cm³/mol. The number of nitrogens with zero attached hydrogens (tertiary/aromatic N) is 2. The molecule has 0 spiro atoms. The van der Waals surface area contributed by atoms with Gasteiger partial charge in [0.25, 0.3) is 0 Å². The standard InChI is InChI=1S/C11H14N4OS/c16-11(4-3-9-2-1-7-17-9)12-6-5-10-13-8-14-15-10/h1-2,7-8H,3-6H2,(H,12,16)(H,13,14,15). The van der Waals surface area contributed by atoms with Crippen LogP contribution < -0.4 is 5.32 Å². The van der Waals surface area contributed by atoms with Crippen LogP contribution in [0.25, 0.3) is 0 Å². The maximum atomic E-state index is 11.5. The molecule has 2 aromatic heterocycles. The Hall–Kier alpha value is -1.69. The van der Waals surface area contributed by atoms with Gasteiger partial charge >= 0.3 is 0 Å². The number of amides is 1. The van der Waals surface area contributed by atoms with Crippen LogP contribution >= 0.6 is 11.3 Å². The highest BCUT2D eigenvalue weighted by molar-refractivity contribution is 7.09. The van der Waals surface area contributed by atoms with E-state index in [4.69, 9.17) is 0 Å². The average Bonchev–Trinajstić information content (AvgIpc) is 2.99. The first-order chi connectivity index (χ1) is 8.34. The number of hydrogen-bond acceptors (Lipinski definition) is 4. The fourth-order valence-corrected chi connectivity index (χ4v) is 2.16. The zero-order valence-electron chi connectivity index (χ0n) is 9.35. The van der Waals surface area contributed by atoms with Crippen molar-refractivity contribution in [2.75, 3.05) is 6.54 Å². The van der Waals surface area contributed by atoms with Crippen LogP contribution in [0.3, 0.4) is 0 Å². The molecule has 90 valence electrons. The Morgan fingerprint density at radius 3 is 3.12 bits per heavy atom. The first-order valence-electron chi connectivity index (χ1n) is 5.48. The van der Waals surface area contributed by atoms with E-state index < -0.39 is 0 Å². The fourth-order valence-electron chi connectivity index (χ4n) is 1.45. The van der Waals surface area contributed by atoms with Crippen LogP contribution in [-0.4, -0.2) is 27.6 Å². The number of aromatic nitrogens is 3. The lowest BCUT2D eigenvalue weighted by atomic mass is 10.2. The zero-order chi connectivity index (χ0) is 11.9. The third-order valence-electron chi connectivity index (χ3n) is 2.33. The first-order valence-corrected chi connectivity index (χ1v) is 6.36. The second-order valence-electron chi connectivity index (χ2n) is 3.61. The van der Waals surface area contributed by atoms with Crippen molar-refractivity contribution >= 4 is 17.2 Å². The van der Waals surface area contributed by atoms with Gasteiger partial charge in [-0.05, 0) is 17.9 Å². The van der Waals surface area contributed by atoms with Crippen molar-refractivity contribution in [3.05, 3.63) is 34.5 Å². The Bertz CT molecular complexity index is 438. The largest absolute Gasteiger partial charge is 0.356 e. The number of carbonyl (C=O) groups is 1. The summed E-state index contributed by atoms with van der Waals surface area (Å²) in [7, 11) is 0. The van der Waals surface area contributed by atoms with Gasteiger partial charge in [-0.25, -0.2) is 4.98 Å². The van der Waals surface area contributed by atoms with Crippen LogP contribution in [-0.2, 0) is 17.6 Å². The number of nitrogens with one attached hydrogen (secondary N) is 2. The molecule has 0 aliphatic rings. The second-order valence-corrected chi connectivity index (χ2v) is 4.64. The molecule has 0 saturated heterocycles. The minimum atomic E-state index is 0.0814. The summed E-state index contributed by atoms with van der Waals surface area (Å²) in [5, 5.41) is 11.4. The molecule has 5 nitrogen and oxygen atoms in total. The zero-order valence-corrected chi connectivity index (χ0v) is 10.2. The summed E-state index contributed by atoms with van der Waals surface area (Å²) in [6, 6.07) is 4.05. The van der Waals surface area contributed by atoms with Gasteiger partial charge in [-0.15, -0.1) is 11.3 Å². The van der Waals surface area contributed by atoms with Crippen molar-refractivity contribution < 1.29 is 4.79 Å². The van der Waals surface area contributed by atoms with E-state index in [1.165, 1.54) is 11.2 Å². The molecule has 6 heteroatoms. The number of hydrogen-bond donors (Lipinski definition) is 2. The molecule has 2 N–H and O–H groups in total. The number of rotatable bonds is 6. The van der Waals surface area contributed by atoms with Gasteiger partial charge in [-0.2, -0.15) is 5.10 Å². The van der Waals surface area contributed by atoms with Crippen LogP contribution in [0.5, 0.6) is 0 Å². The molecule has 2 heterocycles. The molecular weight excluding hydrogens is 236 g/mol. The van der Waals surface area contributed by atoms with Gasteiger partial charge in [0.2, 0.25) is 5.91 Å². The summed E-state index contributed by atoms with van der Waals surface area (Å²) in [6.07, 6.45) is 3.50. The third-order valence-corrected chi connectivity index (χ3v) is 3.26. The molecule has 0 bridgehead atoms. The van der Waals surface area contributed by atoms with E-state index in [1.807, 2.05) is 17.5 Å². The van der Waals surface area contributed by atoms with Crippen LogP contribution in [0.2, 0.25) is 0 Å². The summed E-state index contributed by atoms with van der Waals surface area (Å²) in [4.78, 5) is 16.7. The number of H-pyrrole nitrogens is 1. The van der Waals surface area contributed by atoms with Crippen molar-refractivity contribution in [1.29, 1.82) is 0 Å². The van der Waals surface area contributed by atoms with Crippen molar-refractivity contribution in [3.8, 4) is 0 Å². The third kappa shape index (κ3) is 3.99. The summed E-state index contributed by atoms with van der Waals surface area (Å²) < 4.78 is 0. The molecule has 2 aromatic rings. The van der Waals surface area contributed by atoms with E-state index in [0.717, 1.165) is 12.2 Å². The van der Waals surface area contributed by atoms with E-state index >= 15 is 0 Å². The molecule has 17 heavy (non-hydrogen) atoms. The van der Waals surface area contributed by atoms with Gasteiger partial charge in [0, 0.05) is 24.3 Å². The van der Waals surface area contributed by atoms with E-state index in [0.29, 0.717) is 19.4 Å². The van der Waals surface area contributed by atoms with Crippen molar-refractivity contribution in [2.45, 2.75) is 19.3 Å². The van der Waals surface area contributed by atoms with Crippen LogP contribution in [0.15, 0.2) is 23.8 Å². The fraction of sp³-hybridized carbons (Fsp3) is 0.364. The van der Waals surface area contributed by atoms with Gasteiger partial charge in [0.1, 0.15) is 12.2 Å². The van der Waals surface area contributed by atoms with Crippen LogP contribution in [0.1, 0.15) is 17.1 Å². The molecule has 0 radical (unpaired) electrons. The number of thiophene rings is 1. The van der Waals surface area contributed by atoms with Gasteiger partial charge in [-0.1, -0.05) is 6.07 Å². The SMILES string of the molecule is O=C(CCc1cccs1)NCCc1ncn[nH]1. The molecule has 0 aliphatic heterocycles. The Morgan fingerprint density at radius 1 is 1.47 bits per heavy atom. The number of aryl methyl sites for hydroxylation is 1. The van der Waals surface area contributed by atoms with Crippen molar-refractivity contribution in [3.63, 3.8) is 0 Å². The number of carbonyl (C=O) groups excluding carboxylic acids is 1. The Balaban J connectivity index is 1.61. The average molecular weight is 250 g/mol. The van der Waals surface area contributed by atoms with Crippen molar-refractivity contribution in [2.24, 2.45) is 0 Å². The minimum Gasteiger partial charge on any atom is -0.356 e. The molecule has 0 aromatic carbocycles. The lowest BCUT2D eigenvalue weighted by Gasteiger charge is -2.02. The normalized spacial score (nSPS) is 10.4. The minimum absolute atomic E-state index is 0.0814. The molecule has 0 saturated carbocycles. The monoisotopic (exact) mass is 250 g/mol. The molecule has 1 amide bonds. The Labute approximate surface area is 103 Å². The molecular formula is C11H14N4OS. The number of aromatic amines is 1. The first kappa shape index (κ1) is 11.8. The molecule has 0 aliphatic carbocycles. The molecule has 0 fully saturated rings. The van der Waals surface area contributed by atoms with Crippen molar-refractivity contribution in [1.82, 2.24) is 20.5 Å². The van der Waals surface area contributed by atoms with Gasteiger partial charge in [0.05, 0.1) is 0 Å². The van der Waals surface area contributed by atoms with E-state index in [2.05, 4.69) is 20.5 Å². The molecule has 0 atom stereocenters. The van der Waals surface area contributed by atoms with Crippen LogP contribution in [0, 0.1) is 0 Å². The second kappa shape index (κ2) is 6.15. The van der Waals surface area contributed by atoms with E-state index in [-0.39, 0.29) is 5.91 Å². The molecule has 0 unspecified atom stereocenters. The maximum absolute atomic E-state index is 11.5. The highest BCUT2D eigenvalue weighted by Gasteiger charge is 2.03. The van der Waals surface area contributed by atoms with E-state index in [1.54, 1.807) is 11.3 Å².